The second-order valence-electron chi connectivity index (χ2n) is 8.93. The van der Waals surface area contributed by atoms with Gasteiger partial charge in [-0.05, 0) is 67.7 Å². The largest absolute Gasteiger partial charge is 0.348 e. The van der Waals surface area contributed by atoms with Gasteiger partial charge < -0.3 is 10.2 Å². The summed E-state index contributed by atoms with van der Waals surface area (Å²) in [7, 11) is 0. The van der Waals surface area contributed by atoms with Crippen molar-refractivity contribution in [3.8, 4) is 0 Å². The van der Waals surface area contributed by atoms with Gasteiger partial charge in [-0.2, -0.15) is 15.4 Å². The molecule has 2 aliphatic rings. The first kappa shape index (κ1) is 19.6. The summed E-state index contributed by atoms with van der Waals surface area (Å²) in [4.78, 5) is 27.5. The number of hydrogen-bond acceptors (Lipinski definition) is 4. The molecular formula is C22H29N5O2. The summed E-state index contributed by atoms with van der Waals surface area (Å²) in [5.74, 6) is -0.188. The first-order chi connectivity index (χ1) is 13.8. The summed E-state index contributed by atoms with van der Waals surface area (Å²) >= 11 is 0. The molecular weight excluding hydrogens is 366 g/mol. The Morgan fingerprint density at radius 3 is 2.83 bits per heavy atom. The van der Waals surface area contributed by atoms with Crippen LogP contribution in [0.2, 0.25) is 0 Å². The molecule has 0 radical (unpaired) electrons. The van der Waals surface area contributed by atoms with E-state index in [1.807, 2.05) is 12.1 Å². The van der Waals surface area contributed by atoms with Gasteiger partial charge in [-0.3, -0.25) is 9.59 Å². The normalized spacial score (nSPS) is 20.8. The standard InChI is InChI=1S/C22H29N5O2/c1-14-19(25-26-24-14)21(29)27-11-5-4-6-17(13-27)23-20(28)16-7-8-18-15(12-16)9-10-22(18,2)3/h7-8,12,17H,4-6,9-11,13H2,1-3H3,(H,23,28)(H,24,25,26)/t17-/m0/s1. The zero-order valence-electron chi connectivity index (χ0n) is 17.4. The molecule has 0 saturated carbocycles. The van der Waals surface area contributed by atoms with Crippen LogP contribution in [0, 0.1) is 6.92 Å². The van der Waals surface area contributed by atoms with E-state index in [1.54, 1.807) is 11.8 Å². The van der Waals surface area contributed by atoms with Crippen LogP contribution in [0.3, 0.4) is 0 Å². The van der Waals surface area contributed by atoms with Gasteiger partial charge in [0.15, 0.2) is 5.69 Å². The van der Waals surface area contributed by atoms with Crippen molar-refractivity contribution in [2.45, 2.75) is 64.3 Å². The summed E-state index contributed by atoms with van der Waals surface area (Å²) in [6, 6.07) is 6.01. The molecule has 1 aromatic heterocycles. The van der Waals surface area contributed by atoms with Crippen LogP contribution in [0.1, 0.15) is 77.2 Å². The molecule has 1 aromatic carbocycles. The van der Waals surface area contributed by atoms with E-state index in [4.69, 9.17) is 0 Å². The maximum absolute atomic E-state index is 12.9. The summed E-state index contributed by atoms with van der Waals surface area (Å²) in [5.41, 5.74) is 4.48. The summed E-state index contributed by atoms with van der Waals surface area (Å²) < 4.78 is 0. The molecule has 1 atom stereocenters. The van der Waals surface area contributed by atoms with Crippen molar-refractivity contribution < 1.29 is 9.59 Å². The van der Waals surface area contributed by atoms with Crippen molar-refractivity contribution >= 4 is 11.8 Å². The van der Waals surface area contributed by atoms with Crippen molar-refractivity contribution in [3.05, 3.63) is 46.3 Å². The minimum atomic E-state index is -0.128. The number of H-pyrrole nitrogens is 1. The highest BCUT2D eigenvalue weighted by Gasteiger charge is 2.31. The van der Waals surface area contributed by atoms with E-state index in [2.05, 4.69) is 40.6 Å². The maximum atomic E-state index is 12.9. The lowest BCUT2D eigenvalue weighted by Crippen LogP contribution is -2.44. The van der Waals surface area contributed by atoms with Crippen LogP contribution in [0.25, 0.3) is 0 Å². The second-order valence-corrected chi connectivity index (χ2v) is 8.93. The van der Waals surface area contributed by atoms with Crippen LogP contribution < -0.4 is 5.32 Å². The number of nitrogens with one attached hydrogen (secondary N) is 2. The third kappa shape index (κ3) is 3.91. The Kier molecular flexibility index (Phi) is 5.15. The van der Waals surface area contributed by atoms with Crippen LogP contribution in [-0.2, 0) is 11.8 Å². The van der Waals surface area contributed by atoms with Gasteiger partial charge in [0.2, 0.25) is 0 Å². The number of likely N-dealkylation sites (tertiary alicyclic amines) is 1. The molecule has 1 aliphatic carbocycles. The van der Waals surface area contributed by atoms with Crippen molar-refractivity contribution in [1.29, 1.82) is 0 Å². The molecule has 1 fully saturated rings. The molecule has 4 rings (SSSR count). The number of rotatable bonds is 3. The lowest BCUT2D eigenvalue weighted by atomic mass is 9.86. The van der Waals surface area contributed by atoms with E-state index in [0.29, 0.717) is 30.0 Å². The molecule has 2 N–H and O–H groups in total. The van der Waals surface area contributed by atoms with Gasteiger partial charge in [-0.25, -0.2) is 0 Å². The van der Waals surface area contributed by atoms with Crippen LogP contribution in [0.4, 0.5) is 0 Å². The smallest absolute Gasteiger partial charge is 0.276 e. The van der Waals surface area contributed by atoms with E-state index in [1.165, 1.54) is 11.1 Å². The molecule has 7 heteroatoms. The Bertz CT molecular complexity index is 933. The molecule has 0 spiro atoms. The van der Waals surface area contributed by atoms with Gasteiger partial charge in [-0.15, -0.1) is 0 Å². The summed E-state index contributed by atoms with van der Waals surface area (Å²) in [6.45, 7) is 7.45. The second kappa shape index (κ2) is 7.61. The topological polar surface area (TPSA) is 91.0 Å². The molecule has 0 unspecified atom stereocenters. The Morgan fingerprint density at radius 2 is 2.07 bits per heavy atom. The number of carbonyl (C=O) groups excluding carboxylic acids is 2. The highest BCUT2D eigenvalue weighted by atomic mass is 16.2. The van der Waals surface area contributed by atoms with E-state index >= 15 is 0 Å². The predicted molar refractivity (Wildman–Crippen MR) is 110 cm³/mol. The van der Waals surface area contributed by atoms with Crippen LogP contribution in [0.15, 0.2) is 18.2 Å². The zero-order chi connectivity index (χ0) is 20.6. The fraction of sp³-hybridized carbons (Fsp3) is 0.545. The molecule has 1 aliphatic heterocycles. The number of carbonyl (C=O) groups is 2. The Hall–Kier alpha value is -2.70. The van der Waals surface area contributed by atoms with E-state index < -0.39 is 0 Å². The van der Waals surface area contributed by atoms with E-state index in [0.717, 1.165) is 32.1 Å². The van der Waals surface area contributed by atoms with Gasteiger partial charge in [0, 0.05) is 24.7 Å². The zero-order valence-corrected chi connectivity index (χ0v) is 17.4. The summed E-state index contributed by atoms with van der Waals surface area (Å²) in [6.07, 6.45) is 4.90. The Balaban J connectivity index is 1.45. The van der Waals surface area contributed by atoms with Gasteiger partial charge >= 0.3 is 0 Å². The molecule has 29 heavy (non-hydrogen) atoms. The van der Waals surface area contributed by atoms with E-state index in [9.17, 15) is 9.59 Å². The lowest BCUT2D eigenvalue weighted by Gasteiger charge is -2.25. The molecule has 2 amide bonds. The number of hydrogen-bond donors (Lipinski definition) is 2. The quantitative estimate of drug-likeness (QED) is 0.836. The number of amides is 2. The monoisotopic (exact) mass is 395 g/mol. The molecule has 7 nitrogen and oxygen atoms in total. The first-order valence-electron chi connectivity index (χ1n) is 10.5. The Labute approximate surface area is 171 Å². The van der Waals surface area contributed by atoms with Crippen LogP contribution in [0.5, 0.6) is 0 Å². The third-order valence-electron chi connectivity index (χ3n) is 6.33. The SMILES string of the molecule is Cc1n[nH]nc1C(=O)N1CCCC[C@H](NC(=O)c2ccc3c(c2)CCC3(C)C)C1. The molecule has 1 saturated heterocycles. The average Bonchev–Trinajstić information content (AvgIpc) is 3.16. The minimum Gasteiger partial charge on any atom is -0.348 e. The third-order valence-corrected chi connectivity index (χ3v) is 6.33. The number of nitrogens with zero attached hydrogens (tertiary/aromatic N) is 3. The highest BCUT2D eigenvalue weighted by molar-refractivity contribution is 5.95. The number of aryl methyl sites for hydroxylation is 2. The molecule has 2 aromatic rings. The minimum absolute atomic E-state index is 0.0607. The Morgan fingerprint density at radius 1 is 1.24 bits per heavy atom. The highest BCUT2D eigenvalue weighted by Crippen LogP contribution is 2.38. The van der Waals surface area contributed by atoms with Crippen molar-refractivity contribution in [2.75, 3.05) is 13.1 Å². The van der Waals surface area contributed by atoms with Crippen LogP contribution in [-0.4, -0.2) is 51.3 Å². The van der Waals surface area contributed by atoms with Gasteiger partial charge in [0.05, 0.1) is 5.69 Å². The molecule has 2 heterocycles. The molecule has 0 bridgehead atoms. The average molecular weight is 396 g/mol. The van der Waals surface area contributed by atoms with Gasteiger partial charge in [0.1, 0.15) is 0 Å². The predicted octanol–water partition coefficient (Wildman–Crippen LogP) is 2.76. The van der Waals surface area contributed by atoms with Crippen molar-refractivity contribution in [3.63, 3.8) is 0 Å². The van der Waals surface area contributed by atoms with E-state index in [-0.39, 0.29) is 23.3 Å². The van der Waals surface area contributed by atoms with Crippen molar-refractivity contribution in [1.82, 2.24) is 25.6 Å². The van der Waals surface area contributed by atoms with Crippen LogP contribution >= 0.6 is 0 Å². The van der Waals surface area contributed by atoms with Crippen molar-refractivity contribution in [2.24, 2.45) is 0 Å². The maximum Gasteiger partial charge on any atom is 0.276 e. The number of aromatic amines is 1. The molecule has 154 valence electrons. The van der Waals surface area contributed by atoms with Gasteiger partial charge in [-0.1, -0.05) is 19.9 Å². The number of aromatic nitrogens is 3. The number of benzene rings is 1. The lowest BCUT2D eigenvalue weighted by molar-refractivity contribution is 0.0730. The first-order valence-corrected chi connectivity index (χ1v) is 10.5. The van der Waals surface area contributed by atoms with Gasteiger partial charge in [0.25, 0.3) is 11.8 Å². The number of fused-ring (bicyclic) bond motifs is 1. The fourth-order valence-electron chi connectivity index (χ4n) is 4.53. The summed E-state index contributed by atoms with van der Waals surface area (Å²) in [5, 5.41) is 13.6. The fourth-order valence-corrected chi connectivity index (χ4v) is 4.53.